The number of piperidine rings is 1. The number of amides is 1. The number of para-hydroxylation sites is 2. The van der Waals surface area contributed by atoms with Crippen molar-refractivity contribution < 1.29 is 4.79 Å². The van der Waals surface area contributed by atoms with Gasteiger partial charge in [-0.25, -0.2) is 9.97 Å². The lowest BCUT2D eigenvalue weighted by Gasteiger charge is -2.31. The van der Waals surface area contributed by atoms with Gasteiger partial charge in [0.2, 0.25) is 5.91 Å². The third kappa shape index (κ3) is 3.26. The Balaban J connectivity index is 1.39. The molecule has 1 atom stereocenters. The number of aromatic nitrogens is 5. The third-order valence-corrected chi connectivity index (χ3v) is 4.85. The zero-order valence-corrected chi connectivity index (χ0v) is 14.4. The van der Waals surface area contributed by atoms with Crippen molar-refractivity contribution in [2.24, 2.45) is 0 Å². The van der Waals surface area contributed by atoms with Crippen LogP contribution in [0.2, 0.25) is 0 Å². The van der Waals surface area contributed by atoms with Crippen LogP contribution in [0.25, 0.3) is 11.0 Å². The van der Waals surface area contributed by atoms with E-state index >= 15 is 0 Å². The second-order valence-electron chi connectivity index (χ2n) is 6.63. The molecule has 0 saturated carbocycles. The summed E-state index contributed by atoms with van der Waals surface area (Å²) in [6.07, 6.45) is 4.33. The fraction of sp³-hybridized carbons (Fsp3) is 0.444. The molecule has 0 unspecified atom stereocenters. The highest BCUT2D eigenvalue weighted by atomic mass is 16.2. The first-order valence-corrected chi connectivity index (χ1v) is 8.77. The molecule has 1 N–H and O–H groups in total. The first-order valence-electron chi connectivity index (χ1n) is 8.77. The van der Waals surface area contributed by atoms with E-state index in [4.69, 9.17) is 0 Å². The summed E-state index contributed by atoms with van der Waals surface area (Å²) in [6.45, 7) is 4.09. The lowest BCUT2D eigenvalue weighted by atomic mass is 9.97. The van der Waals surface area contributed by atoms with Gasteiger partial charge in [0.1, 0.15) is 5.82 Å². The zero-order valence-electron chi connectivity index (χ0n) is 14.4. The summed E-state index contributed by atoms with van der Waals surface area (Å²) in [5.41, 5.74) is 2.04. The van der Waals surface area contributed by atoms with Crippen molar-refractivity contribution in [1.82, 2.24) is 29.6 Å². The fourth-order valence-corrected chi connectivity index (χ4v) is 3.52. The number of benzene rings is 1. The molecule has 0 radical (unpaired) electrons. The van der Waals surface area contributed by atoms with Gasteiger partial charge in [0, 0.05) is 32.0 Å². The smallest absolute Gasteiger partial charge is 0.224 e. The van der Waals surface area contributed by atoms with Crippen LogP contribution in [0.3, 0.4) is 0 Å². The van der Waals surface area contributed by atoms with Crippen LogP contribution >= 0.6 is 0 Å². The number of H-pyrrole nitrogens is 1. The van der Waals surface area contributed by atoms with Crippen LogP contribution in [-0.2, 0) is 11.3 Å². The molecule has 2 aromatic heterocycles. The molecule has 7 nitrogen and oxygen atoms in total. The number of likely N-dealkylation sites (tertiary alicyclic amines) is 1. The van der Waals surface area contributed by atoms with Crippen molar-refractivity contribution in [1.29, 1.82) is 0 Å². The summed E-state index contributed by atoms with van der Waals surface area (Å²) >= 11 is 0. The predicted molar refractivity (Wildman–Crippen MR) is 94.0 cm³/mol. The minimum Gasteiger partial charge on any atom is -0.342 e. The van der Waals surface area contributed by atoms with E-state index in [9.17, 15) is 4.79 Å². The van der Waals surface area contributed by atoms with E-state index in [0.717, 1.165) is 42.1 Å². The summed E-state index contributed by atoms with van der Waals surface area (Å²) in [6, 6.07) is 8.00. The first kappa shape index (κ1) is 15.8. The Morgan fingerprint density at radius 2 is 2.24 bits per heavy atom. The lowest BCUT2D eigenvalue weighted by molar-refractivity contribution is -0.132. The van der Waals surface area contributed by atoms with Crippen LogP contribution in [0.5, 0.6) is 0 Å². The molecule has 3 heterocycles. The van der Waals surface area contributed by atoms with Crippen LogP contribution < -0.4 is 0 Å². The maximum atomic E-state index is 12.7. The molecule has 1 aliphatic rings. The Kier molecular flexibility index (Phi) is 4.21. The van der Waals surface area contributed by atoms with Gasteiger partial charge in [-0.15, -0.1) is 0 Å². The van der Waals surface area contributed by atoms with E-state index in [0.29, 0.717) is 19.5 Å². The molecule has 7 heteroatoms. The number of carbonyl (C=O) groups excluding carboxylic acids is 1. The van der Waals surface area contributed by atoms with Crippen molar-refractivity contribution >= 4 is 16.9 Å². The molecule has 1 amide bonds. The van der Waals surface area contributed by atoms with Crippen LogP contribution in [0.4, 0.5) is 0 Å². The number of fused-ring (bicyclic) bond motifs is 1. The van der Waals surface area contributed by atoms with Gasteiger partial charge in [-0.05, 0) is 31.9 Å². The van der Waals surface area contributed by atoms with E-state index in [2.05, 4.69) is 20.2 Å². The number of aryl methyl sites for hydroxylation is 2. The Morgan fingerprint density at radius 1 is 1.36 bits per heavy atom. The Bertz CT molecular complexity index is 882. The Hall–Kier alpha value is -2.70. The summed E-state index contributed by atoms with van der Waals surface area (Å²) < 4.78 is 2.05. The number of hydrogen-bond donors (Lipinski definition) is 1. The predicted octanol–water partition coefficient (Wildman–Crippen LogP) is 2.26. The molecule has 0 aliphatic carbocycles. The standard InChI is InChI=1S/C18H22N6O/c1-13-20-18(22-21-13)14-5-4-9-23(11-14)17(25)8-10-24-12-19-15-6-2-3-7-16(15)24/h2-3,6-7,12,14H,4-5,8-11H2,1H3,(H,20,21,22)/t14-/m0/s1. The van der Waals surface area contributed by atoms with Crippen LogP contribution in [-0.4, -0.2) is 48.6 Å². The highest BCUT2D eigenvalue weighted by Gasteiger charge is 2.26. The fourth-order valence-electron chi connectivity index (χ4n) is 3.52. The van der Waals surface area contributed by atoms with Crippen LogP contribution in [0, 0.1) is 6.92 Å². The molecule has 0 spiro atoms. The number of nitrogens with one attached hydrogen (secondary N) is 1. The molecule has 3 aromatic rings. The van der Waals surface area contributed by atoms with Gasteiger partial charge in [0.15, 0.2) is 5.82 Å². The van der Waals surface area contributed by atoms with Crippen molar-refractivity contribution in [2.45, 2.75) is 38.6 Å². The molecule has 4 rings (SSSR count). The zero-order chi connectivity index (χ0) is 17.2. The van der Waals surface area contributed by atoms with Gasteiger partial charge in [0.05, 0.1) is 17.4 Å². The monoisotopic (exact) mass is 338 g/mol. The second-order valence-corrected chi connectivity index (χ2v) is 6.63. The molecule has 130 valence electrons. The third-order valence-electron chi connectivity index (χ3n) is 4.85. The molecule has 1 aliphatic heterocycles. The number of hydrogen-bond acceptors (Lipinski definition) is 4. The number of aromatic amines is 1. The summed E-state index contributed by atoms with van der Waals surface area (Å²) in [5, 5.41) is 7.16. The largest absolute Gasteiger partial charge is 0.342 e. The van der Waals surface area contributed by atoms with Gasteiger partial charge >= 0.3 is 0 Å². The van der Waals surface area contributed by atoms with Gasteiger partial charge < -0.3 is 9.47 Å². The van der Waals surface area contributed by atoms with E-state index in [-0.39, 0.29) is 11.8 Å². The van der Waals surface area contributed by atoms with Crippen molar-refractivity contribution in [3.8, 4) is 0 Å². The molecule has 1 saturated heterocycles. The van der Waals surface area contributed by atoms with E-state index < -0.39 is 0 Å². The van der Waals surface area contributed by atoms with Gasteiger partial charge in [-0.3, -0.25) is 9.89 Å². The Morgan fingerprint density at radius 3 is 3.08 bits per heavy atom. The minimum atomic E-state index is 0.190. The van der Waals surface area contributed by atoms with E-state index in [1.807, 2.05) is 47.0 Å². The highest BCUT2D eigenvalue weighted by Crippen LogP contribution is 2.25. The minimum absolute atomic E-state index is 0.190. The average Bonchev–Trinajstić information content (AvgIpc) is 3.26. The van der Waals surface area contributed by atoms with Crippen molar-refractivity contribution in [2.75, 3.05) is 13.1 Å². The maximum Gasteiger partial charge on any atom is 0.224 e. The summed E-state index contributed by atoms with van der Waals surface area (Å²) in [5.74, 6) is 2.08. The lowest BCUT2D eigenvalue weighted by Crippen LogP contribution is -2.39. The normalized spacial score (nSPS) is 18.0. The summed E-state index contributed by atoms with van der Waals surface area (Å²) in [7, 11) is 0. The van der Waals surface area contributed by atoms with Crippen LogP contribution in [0.15, 0.2) is 30.6 Å². The number of nitrogens with zero attached hydrogens (tertiary/aromatic N) is 5. The average molecular weight is 338 g/mol. The molecular weight excluding hydrogens is 316 g/mol. The quantitative estimate of drug-likeness (QED) is 0.791. The van der Waals surface area contributed by atoms with E-state index in [1.54, 1.807) is 0 Å². The molecule has 25 heavy (non-hydrogen) atoms. The first-order chi connectivity index (χ1) is 12.2. The SMILES string of the molecule is Cc1nc([C@H]2CCCN(C(=O)CCn3cnc4ccccc43)C2)n[nH]1. The van der Waals surface area contributed by atoms with Crippen molar-refractivity contribution in [3.05, 3.63) is 42.2 Å². The molecular formula is C18H22N6O. The van der Waals surface area contributed by atoms with Gasteiger partial charge in [0.25, 0.3) is 0 Å². The van der Waals surface area contributed by atoms with Gasteiger partial charge in [-0.1, -0.05) is 12.1 Å². The molecule has 1 aromatic carbocycles. The number of imidazole rings is 1. The Labute approximate surface area is 146 Å². The highest BCUT2D eigenvalue weighted by molar-refractivity contribution is 5.77. The maximum absolute atomic E-state index is 12.7. The molecule has 1 fully saturated rings. The number of rotatable bonds is 4. The topological polar surface area (TPSA) is 79.7 Å². The van der Waals surface area contributed by atoms with Gasteiger partial charge in [-0.2, -0.15) is 5.10 Å². The number of carbonyl (C=O) groups is 1. The van der Waals surface area contributed by atoms with E-state index in [1.165, 1.54) is 0 Å². The summed E-state index contributed by atoms with van der Waals surface area (Å²) in [4.78, 5) is 23.4. The molecule has 0 bridgehead atoms. The van der Waals surface area contributed by atoms with Crippen molar-refractivity contribution in [3.63, 3.8) is 0 Å². The van der Waals surface area contributed by atoms with Crippen LogP contribution in [0.1, 0.15) is 36.8 Å². The second kappa shape index (κ2) is 6.66.